The lowest BCUT2D eigenvalue weighted by Crippen LogP contribution is -2.14. The van der Waals surface area contributed by atoms with Gasteiger partial charge in [-0.05, 0) is 42.5 Å². The molecule has 0 atom stereocenters. The Morgan fingerprint density at radius 1 is 1.17 bits per heavy atom. The SMILES string of the molecule is CN(C)c1cccc(C(=O)Nc2ccc(Sc3nncs3)cc2)c1. The van der Waals surface area contributed by atoms with Crippen molar-refractivity contribution in [1.29, 1.82) is 0 Å². The zero-order chi connectivity index (χ0) is 16.9. The second-order valence-corrected chi connectivity index (χ2v) is 7.38. The minimum atomic E-state index is -0.122. The number of hydrogen-bond acceptors (Lipinski definition) is 6. The Kier molecular flexibility index (Phi) is 5.12. The Bertz CT molecular complexity index is 817. The van der Waals surface area contributed by atoms with Gasteiger partial charge in [-0.2, -0.15) is 0 Å². The molecular weight excluding hydrogens is 340 g/mol. The van der Waals surface area contributed by atoms with E-state index >= 15 is 0 Å². The molecule has 0 aliphatic heterocycles. The summed E-state index contributed by atoms with van der Waals surface area (Å²) in [5.74, 6) is -0.122. The van der Waals surface area contributed by atoms with Crippen LogP contribution < -0.4 is 10.2 Å². The quantitative estimate of drug-likeness (QED) is 0.748. The van der Waals surface area contributed by atoms with Gasteiger partial charge in [-0.1, -0.05) is 29.2 Å². The zero-order valence-corrected chi connectivity index (χ0v) is 14.9. The largest absolute Gasteiger partial charge is 0.378 e. The molecule has 122 valence electrons. The van der Waals surface area contributed by atoms with Gasteiger partial charge in [0.25, 0.3) is 5.91 Å². The molecule has 0 saturated heterocycles. The van der Waals surface area contributed by atoms with Crippen molar-refractivity contribution in [2.24, 2.45) is 0 Å². The number of amides is 1. The van der Waals surface area contributed by atoms with Gasteiger partial charge in [0, 0.05) is 35.9 Å². The highest BCUT2D eigenvalue weighted by molar-refractivity contribution is 8.01. The number of rotatable bonds is 5. The average Bonchev–Trinajstić information content (AvgIpc) is 3.10. The highest BCUT2D eigenvalue weighted by atomic mass is 32.2. The third-order valence-corrected chi connectivity index (χ3v) is 5.07. The molecule has 7 heteroatoms. The fraction of sp³-hybridized carbons (Fsp3) is 0.118. The van der Waals surface area contributed by atoms with E-state index < -0.39 is 0 Å². The predicted octanol–water partition coefficient (Wildman–Crippen LogP) is 4.01. The molecule has 3 rings (SSSR count). The summed E-state index contributed by atoms with van der Waals surface area (Å²) in [4.78, 5) is 15.4. The second-order valence-electron chi connectivity index (χ2n) is 5.23. The number of aromatic nitrogens is 2. The highest BCUT2D eigenvalue weighted by Crippen LogP contribution is 2.29. The van der Waals surface area contributed by atoms with Crippen molar-refractivity contribution in [3.8, 4) is 0 Å². The first kappa shape index (κ1) is 16.5. The number of benzene rings is 2. The first-order valence-corrected chi connectivity index (χ1v) is 8.94. The number of nitrogens with one attached hydrogen (secondary N) is 1. The van der Waals surface area contributed by atoms with E-state index in [0.717, 1.165) is 20.6 Å². The van der Waals surface area contributed by atoms with E-state index in [9.17, 15) is 4.79 Å². The third-order valence-electron chi connectivity index (χ3n) is 3.28. The summed E-state index contributed by atoms with van der Waals surface area (Å²) in [5, 5.41) is 10.7. The van der Waals surface area contributed by atoms with Gasteiger partial charge in [0.1, 0.15) is 5.51 Å². The van der Waals surface area contributed by atoms with Gasteiger partial charge < -0.3 is 10.2 Å². The van der Waals surface area contributed by atoms with Crippen molar-refractivity contribution in [3.05, 3.63) is 59.6 Å². The van der Waals surface area contributed by atoms with Gasteiger partial charge in [-0.25, -0.2) is 0 Å². The van der Waals surface area contributed by atoms with Crippen molar-refractivity contribution < 1.29 is 4.79 Å². The molecule has 1 amide bonds. The van der Waals surface area contributed by atoms with Crippen LogP contribution in [-0.4, -0.2) is 30.2 Å². The van der Waals surface area contributed by atoms with Crippen LogP contribution in [0, 0.1) is 0 Å². The summed E-state index contributed by atoms with van der Waals surface area (Å²) in [7, 11) is 3.90. The van der Waals surface area contributed by atoms with Crippen LogP contribution in [0.4, 0.5) is 11.4 Å². The number of anilines is 2. The lowest BCUT2D eigenvalue weighted by molar-refractivity contribution is 0.102. The smallest absolute Gasteiger partial charge is 0.255 e. The van der Waals surface area contributed by atoms with Gasteiger partial charge in [0.2, 0.25) is 0 Å². The molecule has 1 N–H and O–H groups in total. The molecular formula is C17H16N4OS2. The first-order chi connectivity index (χ1) is 11.6. The number of hydrogen-bond donors (Lipinski definition) is 1. The monoisotopic (exact) mass is 356 g/mol. The van der Waals surface area contributed by atoms with E-state index in [2.05, 4.69) is 15.5 Å². The molecule has 5 nitrogen and oxygen atoms in total. The van der Waals surface area contributed by atoms with Gasteiger partial charge in [-0.3, -0.25) is 4.79 Å². The van der Waals surface area contributed by atoms with Crippen LogP contribution in [-0.2, 0) is 0 Å². The molecule has 0 aliphatic rings. The molecule has 1 aromatic heterocycles. The Labute approximate surface area is 148 Å². The summed E-state index contributed by atoms with van der Waals surface area (Å²) in [6, 6.07) is 15.2. The van der Waals surface area contributed by atoms with Crippen LogP contribution in [0.15, 0.2) is 63.3 Å². The molecule has 0 spiro atoms. The van der Waals surface area contributed by atoms with Crippen molar-refractivity contribution in [2.75, 3.05) is 24.3 Å². The fourth-order valence-corrected chi connectivity index (χ4v) is 3.49. The Morgan fingerprint density at radius 2 is 1.96 bits per heavy atom. The Balaban J connectivity index is 1.67. The maximum Gasteiger partial charge on any atom is 0.255 e. The maximum atomic E-state index is 12.4. The van der Waals surface area contributed by atoms with Gasteiger partial charge in [-0.15, -0.1) is 10.2 Å². The number of carbonyl (C=O) groups is 1. The van der Waals surface area contributed by atoms with Crippen LogP contribution in [0.2, 0.25) is 0 Å². The lowest BCUT2D eigenvalue weighted by Gasteiger charge is -2.13. The van der Waals surface area contributed by atoms with Crippen LogP contribution in [0.25, 0.3) is 0 Å². The highest BCUT2D eigenvalue weighted by Gasteiger charge is 2.08. The minimum absolute atomic E-state index is 0.122. The van der Waals surface area contributed by atoms with Crippen molar-refractivity contribution in [2.45, 2.75) is 9.24 Å². The molecule has 24 heavy (non-hydrogen) atoms. The number of carbonyl (C=O) groups excluding carboxylic acids is 1. The molecule has 2 aromatic carbocycles. The molecule has 0 aliphatic carbocycles. The Morgan fingerprint density at radius 3 is 2.62 bits per heavy atom. The minimum Gasteiger partial charge on any atom is -0.378 e. The van der Waals surface area contributed by atoms with Crippen LogP contribution in [0.3, 0.4) is 0 Å². The summed E-state index contributed by atoms with van der Waals surface area (Å²) < 4.78 is 0.896. The van der Waals surface area contributed by atoms with E-state index in [-0.39, 0.29) is 5.91 Å². The molecule has 0 unspecified atom stereocenters. The maximum absolute atomic E-state index is 12.4. The molecule has 0 fully saturated rings. The van der Waals surface area contributed by atoms with Crippen molar-refractivity contribution in [3.63, 3.8) is 0 Å². The van der Waals surface area contributed by atoms with Gasteiger partial charge in [0.15, 0.2) is 4.34 Å². The summed E-state index contributed by atoms with van der Waals surface area (Å²) in [5.41, 5.74) is 4.09. The Hall–Kier alpha value is -2.38. The standard InChI is InChI=1S/C17H16N4OS2/c1-21(2)14-5-3-4-12(10-14)16(22)19-13-6-8-15(9-7-13)24-17-20-18-11-23-17/h3-11H,1-2H3,(H,19,22). The van der Waals surface area contributed by atoms with Crippen LogP contribution in [0.5, 0.6) is 0 Å². The van der Waals surface area contributed by atoms with Gasteiger partial charge in [0.05, 0.1) is 0 Å². The summed E-state index contributed by atoms with van der Waals surface area (Å²) in [6.45, 7) is 0. The molecule has 0 bridgehead atoms. The zero-order valence-electron chi connectivity index (χ0n) is 13.3. The summed E-state index contributed by atoms with van der Waals surface area (Å²) in [6.07, 6.45) is 0. The van der Waals surface area contributed by atoms with Crippen LogP contribution >= 0.6 is 23.1 Å². The normalized spacial score (nSPS) is 10.4. The van der Waals surface area contributed by atoms with Crippen molar-refractivity contribution in [1.82, 2.24) is 10.2 Å². The second kappa shape index (κ2) is 7.46. The van der Waals surface area contributed by atoms with E-state index in [1.807, 2.05) is 67.5 Å². The van der Waals surface area contributed by atoms with E-state index in [1.165, 1.54) is 11.3 Å². The van der Waals surface area contributed by atoms with Crippen molar-refractivity contribution >= 4 is 40.4 Å². The molecule has 1 heterocycles. The van der Waals surface area contributed by atoms with E-state index in [1.54, 1.807) is 17.3 Å². The van der Waals surface area contributed by atoms with Crippen LogP contribution in [0.1, 0.15) is 10.4 Å². The fourth-order valence-electron chi connectivity index (χ4n) is 2.04. The van der Waals surface area contributed by atoms with E-state index in [4.69, 9.17) is 0 Å². The van der Waals surface area contributed by atoms with E-state index in [0.29, 0.717) is 5.56 Å². The molecule has 0 radical (unpaired) electrons. The third kappa shape index (κ3) is 4.12. The topological polar surface area (TPSA) is 58.1 Å². The van der Waals surface area contributed by atoms with Gasteiger partial charge >= 0.3 is 0 Å². The average molecular weight is 356 g/mol. The lowest BCUT2D eigenvalue weighted by atomic mass is 10.1. The predicted molar refractivity (Wildman–Crippen MR) is 99.2 cm³/mol. The summed E-state index contributed by atoms with van der Waals surface area (Å²) >= 11 is 3.05. The molecule has 3 aromatic rings. The molecule has 0 saturated carbocycles. The number of nitrogens with zero attached hydrogens (tertiary/aromatic N) is 3. The first-order valence-electron chi connectivity index (χ1n) is 7.24.